The predicted octanol–water partition coefficient (Wildman–Crippen LogP) is 1.22. The van der Waals surface area contributed by atoms with Crippen LogP contribution < -0.4 is 10.6 Å². The van der Waals surface area contributed by atoms with Crippen LogP contribution in [0.3, 0.4) is 0 Å². The molecule has 1 aromatic rings. The van der Waals surface area contributed by atoms with E-state index in [2.05, 4.69) is 10.6 Å². The fourth-order valence-electron chi connectivity index (χ4n) is 2.27. The molecule has 0 bridgehead atoms. The van der Waals surface area contributed by atoms with Crippen LogP contribution in [0.25, 0.3) is 0 Å². The third-order valence-electron chi connectivity index (χ3n) is 3.42. The van der Waals surface area contributed by atoms with Crippen molar-refractivity contribution in [1.82, 2.24) is 15.5 Å². The predicted molar refractivity (Wildman–Crippen MR) is 77.6 cm³/mol. The van der Waals surface area contributed by atoms with Crippen molar-refractivity contribution in [2.45, 2.75) is 12.2 Å². The standard InChI is InChI=1S/C12H15F3N4O3S/c13-12(14,15)9(18-5-3-16-4-6-18)7-17-11(20)8-1-2-10(23-8)19(21)22/h1-2,9,16H,3-7H2,(H,17,20). The molecule has 1 amide bonds. The maximum absolute atomic E-state index is 13.2. The molecule has 2 N–H and O–H groups in total. The second kappa shape index (κ2) is 7.23. The molecule has 2 heterocycles. The Hall–Kier alpha value is -1.72. The number of halogens is 3. The zero-order valence-electron chi connectivity index (χ0n) is 11.9. The highest BCUT2D eigenvalue weighted by Crippen LogP contribution is 2.26. The van der Waals surface area contributed by atoms with Crippen LogP contribution in [0.2, 0.25) is 0 Å². The topological polar surface area (TPSA) is 87.5 Å². The Morgan fingerprint density at radius 3 is 2.61 bits per heavy atom. The average Bonchev–Trinajstić information content (AvgIpc) is 2.97. The molecule has 1 atom stereocenters. The van der Waals surface area contributed by atoms with Crippen molar-refractivity contribution in [3.05, 3.63) is 27.1 Å². The van der Waals surface area contributed by atoms with E-state index in [0.717, 1.165) is 6.07 Å². The Labute approximate surface area is 133 Å². The van der Waals surface area contributed by atoms with E-state index in [1.54, 1.807) is 0 Å². The summed E-state index contributed by atoms with van der Waals surface area (Å²) in [4.78, 5) is 23.1. The van der Waals surface area contributed by atoms with Gasteiger partial charge in [0.25, 0.3) is 5.91 Å². The van der Waals surface area contributed by atoms with Crippen molar-refractivity contribution in [3.8, 4) is 0 Å². The molecule has 7 nitrogen and oxygen atoms in total. The monoisotopic (exact) mass is 352 g/mol. The van der Waals surface area contributed by atoms with E-state index in [0.29, 0.717) is 24.4 Å². The molecule has 1 aromatic heterocycles. The Kier molecular flexibility index (Phi) is 5.55. The molecule has 2 rings (SSSR count). The van der Waals surface area contributed by atoms with Gasteiger partial charge in [0, 0.05) is 38.8 Å². The van der Waals surface area contributed by atoms with Gasteiger partial charge >= 0.3 is 11.2 Å². The molecule has 0 aromatic carbocycles. The number of hydrogen-bond donors (Lipinski definition) is 2. The second-order valence-corrected chi connectivity index (χ2v) is 6.01. The molecule has 128 valence electrons. The number of carbonyl (C=O) groups is 1. The van der Waals surface area contributed by atoms with Crippen LogP contribution in [-0.2, 0) is 0 Å². The number of nitrogens with one attached hydrogen (secondary N) is 2. The number of nitrogens with zero attached hydrogens (tertiary/aromatic N) is 2. The van der Waals surface area contributed by atoms with Gasteiger partial charge < -0.3 is 10.6 Å². The molecule has 0 saturated carbocycles. The van der Waals surface area contributed by atoms with Gasteiger partial charge in [0.15, 0.2) is 0 Å². The molecule has 11 heteroatoms. The first-order valence-corrected chi connectivity index (χ1v) is 7.64. The van der Waals surface area contributed by atoms with Gasteiger partial charge in [-0.3, -0.25) is 19.8 Å². The molecule has 1 fully saturated rings. The van der Waals surface area contributed by atoms with E-state index < -0.39 is 29.6 Å². The highest BCUT2D eigenvalue weighted by Gasteiger charge is 2.43. The molecule has 0 radical (unpaired) electrons. The molecule has 1 saturated heterocycles. The lowest BCUT2D eigenvalue weighted by Gasteiger charge is -2.35. The molecule has 0 spiro atoms. The largest absolute Gasteiger partial charge is 0.405 e. The fraction of sp³-hybridized carbons (Fsp3) is 0.583. The molecule has 1 aliphatic rings. The zero-order valence-corrected chi connectivity index (χ0v) is 12.7. The van der Waals surface area contributed by atoms with E-state index in [1.165, 1.54) is 11.0 Å². The van der Waals surface area contributed by atoms with Crippen LogP contribution in [0.4, 0.5) is 18.2 Å². The van der Waals surface area contributed by atoms with Crippen LogP contribution >= 0.6 is 11.3 Å². The summed E-state index contributed by atoms with van der Waals surface area (Å²) in [7, 11) is 0. The molecular weight excluding hydrogens is 337 g/mol. The first kappa shape index (κ1) is 17.6. The van der Waals surface area contributed by atoms with Gasteiger partial charge in [0.2, 0.25) is 0 Å². The number of nitro groups is 1. The Bertz CT molecular complexity index is 572. The normalized spacial score (nSPS) is 17.7. The van der Waals surface area contributed by atoms with Crippen LogP contribution in [-0.4, -0.2) is 60.7 Å². The summed E-state index contributed by atoms with van der Waals surface area (Å²) in [6, 6.07) is 0.603. The third-order valence-corrected chi connectivity index (χ3v) is 4.46. The quantitative estimate of drug-likeness (QED) is 0.615. The van der Waals surface area contributed by atoms with Crippen LogP contribution in [0.1, 0.15) is 9.67 Å². The maximum Gasteiger partial charge on any atom is 0.405 e. The van der Waals surface area contributed by atoms with Crippen molar-refractivity contribution < 1.29 is 22.9 Å². The molecule has 0 aliphatic carbocycles. The van der Waals surface area contributed by atoms with E-state index in [4.69, 9.17) is 0 Å². The van der Waals surface area contributed by atoms with E-state index in [-0.39, 0.29) is 23.0 Å². The summed E-state index contributed by atoms with van der Waals surface area (Å²) in [6.45, 7) is 0.804. The van der Waals surface area contributed by atoms with Crippen LogP contribution in [0.5, 0.6) is 0 Å². The number of rotatable bonds is 5. The lowest BCUT2D eigenvalue weighted by atomic mass is 10.2. The minimum absolute atomic E-state index is 0.0120. The summed E-state index contributed by atoms with van der Waals surface area (Å²) >= 11 is 0.628. The lowest BCUT2D eigenvalue weighted by Crippen LogP contribution is -2.57. The van der Waals surface area contributed by atoms with Gasteiger partial charge in [-0.25, -0.2) is 0 Å². The Balaban J connectivity index is 1.99. The SMILES string of the molecule is O=C(NCC(N1CCNCC1)C(F)(F)F)c1ccc([N+](=O)[O-])s1. The van der Waals surface area contributed by atoms with Crippen LogP contribution in [0.15, 0.2) is 12.1 Å². The lowest BCUT2D eigenvalue weighted by molar-refractivity contribution is -0.380. The number of hydrogen-bond acceptors (Lipinski definition) is 6. The first-order chi connectivity index (χ1) is 10.8. The summed E-state index contributed by atoms with van der Waals surface area (Å²) in [5.41, 5.74) is 0. The number of thiophene rings is 1. The molecule has 1 aliphatic heterocycles. The summed E-state index contributed by atoms with van der Waals surface area (Å²) in [5.74, 6) is -0.743. The smallest absolute Gasteiger partial charge is 0.349 e. The van der Waals surface area contributed by atoms with Gasteiger partial charge in [-0.05, 0) is 6.07 Å². The van der Waals surface area contributed by atoms with E-state index >= 15 is 0 Å². The minimum atomic E-state index is -4.47. The number of amides is 1. The number of alkyl halides is 3. The highest BCUT2D eigenvalue weighted by atomic mass is 32.1. The highest BCUT2D eigenvalue weighted by molar-refractivity contribution is 7.17. The Morgan fingerprint density at radius 1 is 1.43 bits per heavy atom. The third kappa shape index (κ3) is 4.62. The summed E-state index contributed by atoms with van der Waals surface area (Å²) in [6.07, 6.45) is -4.47. The summed E-state index contributed by atoms with van der Waals surface area (Å²) < 4.78 is 39.5. The van der Waals surface area contributed by atoms with Crippen molar-refractivity contribution in [1.29, 1.82) is 0 Å². The zero-order chi connectivity index (χ0) is 17.0. The average molecular weight is 352 g/mol. The van der Waals surface area contributed by atoms with E-state index in [1.807, 2.05) is 0 Å². The summed E-state index contributed by atoms with van der Waals surface area (Å²) in [5, 5.41) is 15.5. The van der Waals surface area contributed by atoms with Gasteiger partial charge in [-0.15, -0.1) is 0 Å². The maximum atomic E-state index is 13.2. The molecular formula is C12H15F3N4O3S. The fourth-order valence-corrected chi connectivity index (χ4v) is 3.01. The first-order valence-electron chi connectivity index (χ1n) is 6.83. The van der Waals surface area contributed by atoms with E-state index in [9.17, 15) is 28.1 Å². The van der Waals surface area contributed by atoms with Crippen molar-refractivity contribution >= 4 is 22.2 Å². The van der Waals surface area contributed by atoms with Gasteiger partial charge in [-0.2, -0.15) is 13.2 Å². The minimum Gasteiger partial charge on any atom is -0.349 e. The Morgan fingerprint density at radius 2 is 2.09 bits per heavy atom. The van der Waals surface area contributed by atoms with Crippen molar-refractivity contribution in [3.63, 3.8) is 0 Å². The number of carbonyl (C=O) groups excluding carboxylic acids is 1. The van der Waals surface area contributed by atoms with Crippen LogP contribution in [0, 0.1) is 10.1 Å². The van der Waals surface area contributed by atoms with Crippen molar-refractivity contribution in [2.24, 2.45) is 0 Å². The van der Waals surface area contributed by atoms with Gasteiger partial charge in [0.1, 0.15) is 6.04 Å². The van der Waals surface area contributed by atoms with Gasteiger partial charge in [-0.1, -0.05) is 11.3 Å². The van der Waals surface area contributed by atoms with Crippen molar-refractivity contribution in [2.75, 3.05) is 32.7 Å². The molecule has 1 unspecified atom stereocenters. The second-order valence-electron chi connectivity index (χ2n) is 4.95. The number of piperazine rings is 1. The molecule has 23 heavy (non-hydrogen) atoms. The van der Waals surface area contributed by atoms with Gasteiger partial charge in [0.05, 0.1) is 9.80 Å².